The predicted molar refractivity (Wildman–Crippen MR) is 121 cm³/mol. The molecule has 1 aliphatic rings. The predicted octanol–water partition coefficient (Wildman–Crippen LogP) is 7.39. The summed E-state index contributed by atoms with van der Waals surface area (Å²) in [6, 6.07) is 2.14. The van der Waals surface area contributed by atoms with Gasteiger partial charge in [-0.3, -0.25) is 14.7 Å². The molecule has 5 nitrogen and oxygen atoms in total. The normalized spacial score (nSPS) is 20.6. The number of amides is 1. The van der Waals surface area contributed by atoms with Gasteiger partial charge in [-0.05, 0) is 51.0 Å². The number of benzene rings is 1. The summed E-state index contributed by atoms with van der Waals surface area (Å²) in [5.74, 6) is -1.31. The molecule has 1 aromatic carbocycles. The van der Waals surface area contributed by atoms with Gasteiger partial charge in [-0.2, -0.15) is 0 Å². The van der Waals surface area contributed by atoms with Crippen molar-refractivity contribution in [3.63, 3.8) is 0 Å². The van der Waals surface area contributed by atoms with Gasteiger partial charge in [0.2, 0.25) is 0 Å². The molecule has 0 saturated carbocycles. The Balaban J connectivity index is 1.74. The Labute approximate surface area is 203 Å². The smallest absolute Gasteiger partial charge is 0.411 e. The Morgan fingerprint density at radius 2 is 1.72 bits per heavy atom. The summed E-state index contributed by atoms with van der Waals surface area (Å²) in [6.45, 7) is 4.56. The van der Waals surface area contributed by atoms with Crippen molar-refractivity contribution >= 4 is 22.1 Å². The molecule has 1 saturated heterocycles. The van der Waals surface area contributed by atoms with Gasteiger partial charge in [0.25, 0.3) is 0 Å². The maximum Gasteiger partial charge on any atom is 0.411 e. The van der Waals surface area contributed by atoms with E-state index < -0.39 is 50.6 Å². The number of Topliss-reactive ketones (excluding diaryl/α,β-unsaturated/α-hetero) is 1. The first kappa shape index (κ1) is 27.8. The number of hydrogen-bond donors (Lipinski definition) is 0. The molecule has 36 heavy (non-hydrogen) atoms. The van der Waals surface area contributed by atoms with Gasteiger partial charge in [-0.25, -0.2) is 13.6 Å². The van der Waals surface area contributed by atoms with Crippen molar-refractivity contribution in [1.29, 1.82) is 0 Å². The van der Waals surface area contributed by atoms with Crippen molar-refractivity contribution in [3.05, 3.63) is 47.9 Å². The minimum atomic E-state index is -9.84. The summed E-state index contributed by atoms with van der Waals surface area (Å²) in [4.78, 5) is 27.9. The van der Waals surface area contributed by atoms with Crippen LogP contribution >= 0.6 is 10.2 Å². The lowest BCUT2D eigenvalue weighted by Gasteiger charge is -2.40. The number of halogens is 7. The van der Waals surface area contributed by atoms with Gasteiger partial charge in [0.05, 0.1) is 24.5 Å². The molecule has 0 aliphatic carbocycles. The average Bonchev–Trinajstić information content (AvgIpc) is 3.12. The Bertz CT molecular complexity index is 1170. The first-order valence-corrected chi connectivity index (χ1v) is 12.8. The van der Waals surface area contributed by atoms with Crippen LogP contribution in [0.25, 0.3) is 11.3 Å². The van der Waals surface area contributed by atoms with Gasteiger partial charge >= 0.3 is 16.3 Å². The van der Waals surface area contributed by atoms with E-state index in [1.807, 2.05) is 0 Å². The molecular formula is C23H25F7N2O3S. The molecule has 1 fully saturated rings. The van der Waals surface area contributed by atoms with Gasteiger partial charge in [0, 0.05) is 18.4 Å². The average molecular weight is 543 g/mol. The number of carbonyl (C=O) groups excluding carboxylic acids is 2. The number of nitrogens with zero attached hydrogens (tertiary/aromatic N) is 2. The van der Waals surface area contributed by atoms with Crippen LogP contribution in [0.1, 0.15) is 39.2 Å². The molecule has 13 heteroatoms. The second kappa shape index (κ2) is 8.63. The van der Waals surface area contributed by atoms with Gasteiger partial charge < -0.3 is 4.74 Å². The second-order valence-electron chi connectivity index (χ2n) is 9.60. The molecule has 2 aromatic rings. The molecule has 0 N–H and O–H groups in total. The highest BCUT2D eigenvalue weighted by molar-refractivity contribution is 8.45. The number of rotatable bonds is 6. The highest BCUT2D eigenvalue weighted by Crippen LogP contribution is 3.02. The minimum Gasteiger partial charge on any atom is -0.444 e. The van der Waals surface area contributed by atoms with Crippen LogP contribution in [-0.4, -0.2) is 46.1 Å². The lowest BCUT2D eigenvalue weighted by atomic mass is 10.0. The molecule has 1 amide bonds. The van der Waals surface area contributed by atoms with Crippen molar-refractivity contribution in [2.24, 2.45) is 0 Å². The second-order valence-corrected chi connectivity index (χ2v) is 12.0. The number of aromatic nitrogens is 1. The first-order valence-electron chi connectivity index (χ1n) is 10.9. The van der Waals surface area contributed by atoms with E-state index in [-0.39, 0.29) is 54.8 Å². The van der Waals surface area contributed by atoms with E-state index in [4.69, 9.17) is 4.74 Å². The van der Waals surface area contributed by atoms with Crippen molar-refractivity contribution in [2.75, 3.05) is 6.54 Å². The highest BCUT2D eigenvalue weighted by atomic mass is 32.5. The molecule has 3 rings (SSSR count). The quantitative estimate of drug-likeness (QED) is 0.357. The van der Waals surface area contributed by atoms with Crippen molar-refractivity contribution in [2.45, 2.75) is 62.7 Å². The van der Waals surface area contributed by atoms with Crippen LogP contribution in [0.15, 0.2) is 41.4 Å². The molecule has 0 radical (unpaired) electrons. The summed E-state index contributed by atoms with van der Waals surface area (Å²) < 4.78 is 98.2. The van der Waals surface area contributed by atoms with Crippen LogP contribution in [0.4, 0.5) is 33.0 Å². The fourth-order valence-electron chi connectivity index (χ4n) is 3.75. The summed E-state index contributed by atoms with van der Waals surface area (Å²) in [5.41, 5.74) is -0.831. The molecule has 0 spiro atoms. The van der Waals surface area contributed by atoms with Crippen molar-refractivity contribution in [1.82, 2.24) is 9.88 Å². The number of carbonyl (C=O) groups is 2. The SMILES string of the molecule is CC(C)(C)OC(=O)N1C[C@H](F)C[C@H]1C(=O)CCc1cc(-c2ccc(S(F)(F)(F)(F)F)cc2)ncc1F. The van der Waals surface area contributed by atoms with Crippen molar-refractivity contribution in [3.8, 4) is 11.3 Å². The monoisotopic (exact) mass is 542 g/mol. The van der Waals surface area contributed by atoms with Crippen LogP contribution in [-0.2, 0) is 16.0 Å². The van der Waals surface area contributed by atoms with Crippen LogP contribution < -0.4 is 0 Å². The summed E-state index contributed by atoms with van der Waals surface area (Å²) in [5, 5.41) is 0. The fraction of sp³-hybridized carbons (Fsp3) is 0.435. The Hall–Kier alpha value is -2.83. The molecule has 1 aliphatic heterocycles. The standard InChI is InChI=1S/C23H25F7N2O3S/c1-23(2,3)35-22(34)32-13-16(24)11-20(32)21(33)9-6-15-10-19(31-12-18(15)25)14-4-7-17(8-5-14)36(26,27,28,29)30/h4-5,7-8,10,12,16,20H,6,9,11,13H2,1-3H3/t16-,20+/m1/s1. The van der Waals surface area contributed by atoms with Crippen LogP contribution in [0.5, 0.6) is 0 Å². The number of ketones is 1. The van der Waals surface area contributed by atoms with E-state index in [1.165, 1.54) is 6.07 Å². The Morgan fingerprint density at radius 1 is 1.11 bits per heavy atom. The molecule has 1 aromatic heterocycles. The van der Waals surface area contributed by atoms with E-state index in [0.717, 1.165) is 23.2 Å². The Kier molecular flexibility index (Phi) is 6.66. The minimum absolute atomic E-state index is 0.00706. The third-order valence-electron chi connectivity index (χ3n) is 5.42. The number of alkyl halides is 1. The number of pyridine rings is 1. The largest absolute Gasteiger partial charge is 0.444 e. The number of hydrogen-bond acceptors (Lipinski definition) is 4. The fourth-order valence-corrected chi connectivity index (χ4v) is 4.40. The van der Waals surface area contributed by atoms with E-state index in [0.29, 0.717) is 0 Å². The molecular weight excluding hydrogens is 517 g/mol. The van der Waals surface area contributed by atoms with Gasteiger partial charge in [-0.1, -0.05) is 31.6 Å². The third-order valence-corrected chi connectivity index (χ3v) is 6.58. The maximum atomic E-state index is 14.3. The van der Waals surface area contributed by atoms with Gasteiger partial charge in [-0.15, -0.1) is 0 Å². The zero-order chi connectivity index (χ0) is 27.2. The molecule has 2 atom stereocenters. The van der Waals surface area contributed by atoms with E-state index in [9.17, 15) is 37.8 Å². The summed E-state index contributed by atoms with van der Waals surface area (Å²) >= 11 is 0. The lowest BCUT2D eigenvalue weighted by Crippen LogP contribution is -2.43. The molecule has 0 bridgehead atoms. The van der Waals surface area contributed by atoms with Crippen molar-refractivity contribution < 1.29 is 42.5 Å². The first-order chi connectivity index (χ1) is 16.2. The number of ether oxygens (including phenoxy) is 1. The topological polar surface area (TPSA) is 59.5 Å². The maximum absolute atomic E-state index is 14.3. The van der Waals surface area contributed by atoms with Crippen LogP contribution in [0.2, 0.25) is 0 Å². The molecule has 2 heterocycles. The van der Waals surface area contributed by atoms with E-state index >= 15 is 0 Å². The van der Waals surface area contributed by atoms with E-state index in [2.05, 4.69) is 4.98 Å². The van der Waals surface area contributed by atoms with Crippen LogP contribution in [0, 0.1) is 5.82 Å². The zero-order valence-corrected chi connectivity index (χ0v) is 20.4. The van der Waals surface area contributed by atoms with E-state index in [1.54, 1.807) is 20.8 Å². The summed E-state index contributed by atoms with van der Waals surface area (Å²) in [6.07, 6.45) is -2.12. The van der Waals surface area contributed by atoms with Gasteiger partial charge in [0.15, 0.2) is 5.78 Å². The third kappa shape index (κ3) is 6.89. The number of likely N-dealkylation sites (tertiary alicyclic amines) is 1. The summed E-state index contributed by atoms with van der Waals surface area (Å²) in [7, 11) is -9.84. The number of aryl methyl sites for hydroxylation is 1. The highest BCUT2D eigenvalue weighted by Gasteiger charge is 2.65. The molecule has 200 valence electrons. The lowest BCUT2D eigenvalue weighted by molar-refractivity contribution is -0.123. The zero-order valence-electron chi connectivity index (χ0n) is 19.6. The van der Waals surface area contributed by atoms with Crippen LogP contribution in [0.3, 0.4) is 0 Å². The van der Waals surface area contributed by atoms with Gasteiger partial charge in [0.1, 0.15) is 22.5 Å². The molecule has 0 unspecified atom stereocenters. The Morgan fingerprint density at radius 3 is 2.28 bits per heavy atom.